The van der Waals surface area contributed by atoms with Gasteiger partial charge in [0.15, 0.2) is 0 Å². The van der Waals surface area contributed by atoms with Crippen molar-refractivity contribution < 1.29 is 17.9 Å². The van der Waals surface area contributed by atoms with E-state index in [0.29, 0.717) is 19.6 Å². The average molecular weight is 288 g/mol. The van der Waals surface area contributed by atoms with Crippen LogP contribution in [-0.4, -0.2) is 55.0 Å². The Balaban J connectivity index is 2.25. The summed E-state index contributed by atoms with van der Waals surface area (Å²) in [6.07, 6.45) is 0. The van der Waals surface area contributed by atoms with Gasteiger partial charge in [-0.15, -0.1) is 0 Å². The SMILES string of the molecule is CN1CCN(S(=O)(=O)c2ccc(CO)o2)CC1(C)C. The van der Waals surface area contributed by atoms with Crippen molar-refractivity contribution in [2.75, 3.05) is 26.7 Å². The number of aliphatic hydroxyl groups is 1. The fourth-order valence-electron chi connectivity index (χ4n) is 2.11. The van der Waals surface area contributed by atoms with E-state index in [-0.39, 0.29) is 23.0 Å². The molecule has 0 bridgehead atoms. The van der Waals surface area contributed by atoms with Gasteiger partial charge in [-0.25, -0.2) is 8.42 Å². The van der Waals surface area contributed by atoms with Crippen molar-refractivity contribution in [1.82, 2.24) is 9.21 Å². The Morgan fingerprint density at radius 2 is 2.05 bits per heavy atom. The Bertz CT molecular complexity index is 550. The molecule has 7 heteroatoms. The van der Waals surface area contributed by atoms with E-state index in [1.54, 1.807) is 0 Å². The first-order valence-electron chi connectivity index (χ1n) is 6.18. The maximum absolute atomic E-state index is 12.4. The minimum atomic E-state index is -3.62. The van der Waals surface area contributed by atoms with Gasteiger partial charge in [0.2, 0.25) is 5.09 Å². The Hall–Kier alpha value is -0.890. The zero-order valence-corrected chi connectivity index (χ0v) is 12.3. The Labute approximate surface area is 113 Å². The molecule has 0 aromatic carbocycles. The van der Waals surface area contributed by atoms with Gasteiger partial charge in [-0.3, -0.25) is 4.90 Å². The molecule has 1 aliphatic heterocycles. The maximum atomic E-state index is 12.4. The molecule has 0 aliphatic carbocycles. The molecule has 6 nitrogen and oxygen atoms in total. The normalized spacial score (nSPS) is 21.7. The molecule has 0 amide bonds. The number of piperazine rings is 1. The quantitative estimate of drug-likeness (QED) is 0.876. The summed E-state index contributed by atoms with van der Waals surface area (Å²) in [4.78, 5) is 2.14. The first-order chi connectivity index (χ1) is 8.77. The third kappa shape index (κ3) is 2.69. The number of rotatable bonds is 3. The molecule has 0 unspecified atom stereocenters. The summed E-state index contributed by atoms with van der Waals surface area (Å²) in [6.45, 7) is 5.26. The van der Waals surface area contributed by atoms with Crippen molar-refractivity contribution in [3.8, 4) is 0 Å². The van der Waals surface area contributed by atoms with E-state index in [0.717, 1.165) is 0 Å². The van der Waals surface area contributed by atoms with Gasteiger partial charge in [-0.05, 0) is 33.0 Å². The molecular formula is C12H20N2O4S. The minimum absolute atomic E-state index is 0.100. The molecule has 1 aliphatic rings. The summed E-state index contributed by atoms with van der Waals surface area (Å²) in [7, 11) is -1.63. The van der Waals surface area contributed by atoms with Gasteiger partial charge >= 0.3 is 0 Å². The highest BCUT2D eigenvalue weighted by atomic mass is 32.2. The van der Waals surface area contributed by atoms with Crippen LogP contribution in [0.3, 0.4) is 0 Å². The zero-order valence-electron chi connectivity index (χ0n) is 11.5. The number of sulfonamides is 1. The molecule has 2 heterocycles. The van der Waals surface area contributed by atoms with E-state index in [2.05, 4.69) is 4.90 Å². The van der Waals surface area contributed by atoms with Gasteiger partial charge in [0.05, 0.1) is 0 Å². The van der Waals surface area contributed by atoms with E-state index in [9.17, 15) is 8.42 Å². The summed E-state index contributed by atoms with van der Waals surface area (Å²) in [6, 6.07) is 2.88. The van der Waals surface area contributed by atoms with Crippen LogP contribution in [0, 0.1) is 0 Å². The van der Waals surface area contributed by atoms with Crippen molar-refractivity contribution in [1.29, 1.82) is 0 Å². The molecule has 1 aromatic heterocycles. The topological polar surface area (TPSA) is 74.0 Å². The average Bonchev–Trinajstić information content (AvgIpc) is 2.81. The van der Waals surface area contributed by atoms with Gasteiger partial charge in [0.25, 0.3) is 10.0 Å². The maximum Gasteiger partial charge on any atom is 0.276 e. The lowest BCUT2D eigenvalue weighted by molar-refractivity contribution is 0.0792. The molecule has 1 saturated heterocycles. The standard InChI is InChI=1S/C12H20N2O4S/c1-12(2)9-14(7-6-13(12)3)19(16,17)11-5-4-10(8-15)18-11/h4-5,15H,6-9H2,1-3H3. The molecule has 0 saturated carbocycles. The van der Waals surface area contributed by atoms with Crippen molar-refractivity contribution in [2.45, 2.75) is 31.1 Å². The third-order valence-corrected chi connectivity index (χ3v) is 5.39. The van der Waals surface area contributed by atoms with Crippen LogP contribution in [0.25, 0.3) is 0 Å². The number of nitrogens with zero attached hydrogens (tertiary/aromatic N) is 2. The summed E-state index contributed by atoms with van der Waals surface area (Å²) in [5.74, 6) is 0.256. The molecule has 0 atom stereocenters. The van der Waals surface area contributed by atoms with E-state index in [1.807, 2.05) is 20.9 Å². The molecule has 108 valence electrons. The molecule has 1 N–H and O–H groups in total. The van der Waals surface area contributed by atoms with Crippen LogP contribution < -0.4 is 0 Å². The van der Waals surface area contributed by atoms with Gasteiger partial charge in [0.1, 0.15) is 12.4 Å². The van der Waals surface area contributed by atoms with Gasteiger partial charge in [-0.1, -0.05) is 0 Å². The molecule has 0 spiro atoms. The van der Waals surface area contributed by atoms with Gasteiger partial charge in [0, 0.05) is 25.2 Å². The Morgan fingerprint density at radius 3 is 2.58 bits per heavy atom. The van der Waals surface area contributed by atoms with E-state index >= 15 is 0 Å². The smallest absolute Gasteiger partial charge is 0.276 e. The van der Waals surface area contributed by atoms with Gasteiger partial charge < -0.3 is 9.52 Å². The molecule has 19 heavy (non-hydrogen) atoms. The van der Waals surface area contributed by atoms with E-state index < -0.39 is 10.0 Å². The van der Waals surface area contributed by atoms with E-state index in [1.165, 1.54) is 16.4 Å². The monoisotopic (exact) mass is 288 g/mol. The van der Waals surface area contributed by atoms with Crippen molar-refractivity contribution in [3.63, 3.8) is 0 Å². The number of aliphatic hydroxyl groups excluding tert-OH is 1. The number of hydrogen-bond donors (Lipinski definition) is 1. The minimum Gasteiger partial charge on any atom is -0.446 e. The second-order valence-electron chi connectivity index (χ2n) is 5.45. The molecule has 1 aromatic rings. The third-order valence-electron chi connectivity index (χ3n) is 3.67. The first-order valence-corrected chi connectivity index (χ1v) is 7.62. The van der Waals surface area contributed by atoms with E-state index in [4.69, 9.17) is 9.52 Å². The first kappa shape index (κ1) is 14.5. The lowest BCUT2D eigenvalue weighted by Gasteiger charge is -2.44. The lowest BCUT2D eigenvalue weighted by atomic mass is 10.0. The van der Waals surface area contributed by atoms with Crippen molar-refractivity contribution in [3.05, 3.63) is 17.9 Å². The fraction of sp³-hybridized carbons (Fsp3) is 0.667. The molecule has 2 rings (SSSR count). The largest absolute Gasteiger partial charge is 0.446 e. The van der Waals surface area contributed by atoms with Crippen LogP contribution in [0.1, 0.15) is 19.6 Å². The number of hydrogen-bond acceptors (Lipinski definition) is 5. The Kier molecular flexibility index (Phi) is 3.74. The van der Waals surface area contributed by atoms with Crippen LogP contribution in [0.4, 0.5) is 0 Å². The molecular weight excluding hydrogens is 268 g/mol. The van der Waals surface area contributed by atoms with Gasteiger partial charge in [-0.2, -0.15) is 4.31 Å². The second-order valence-corrected chi connectivity index (χ2v) is 7.32. The summed E-state index contributed by atoms with van der Waals surface area (Å²) >= 11 is 0. The van der Waals surface area contributed by atoms with Crippen molar-refractivity contribution >= 4 is 10.0 Å². The van der Waals surface area contributed by atoms with Crippen LogP contribution in [0.15, 0.2) is 21.6 Å². The predicted molar refractivity (Wildman–Crippen MR) is 70.1 cm³/mol. The highest BCUT2D eigenvalue weighted by Crippen LogP contribution is 2.25. The van der Waals surface area contributed by atoms with Crippen molar-refractivity contribution in [2.24, 2.45) is 0 Å². The molecule has 0 radical (unpaired) electrons. The lowest BCUT2D eigenvalue weighted by Crippen LogP contribution is -2.58. The fourth-order valence-corrected chi connectivity index (χ4v) is 3.62. The highest BCUT2D eigenvalue weighted by molar-refractivity contribution is 7.89. The number of likely N-dealkylation sites (N-methyl/N-ethyl adjacent to an activating group) is 1. The van der Waals surface area contributed by atoms with Crippen LogP contribution in [-0.2, 0) is 16.6 Å². The van der Waals surface area contributed by atoms with Crippen LogP contribution >= 0.6 is 0 Å². The predicted octanol–water partition coefficient (Wildman–Crippen LogP) is 0.487. The zero-order chi connectivity index (χ0) is 14.3. The Morgan fingerprint density at radius 1 is 1.37 bits per heavy atom. The summed E-state index contributed by atoms with van der Waals surface area (Å²) < 4.78 is 31.5. The molecule has 1 fully saturated rings. The highest BCUT2D eigenvalue weighted by Gasteiger charge is 2.38. The van der Waals surface area contributed by atoms with Crippen LogP contribution in [0.2, 0.25) is 0 Å². The summed E-state index contributed by atoms with van der Waals surface area (Å²) in [5.41, 5.74) is -0.211. The second kappa shape index (κ2) is 4.90. The number of furan rings is 1. The van der Waals surface area contributed by atoms with Crippen LogP contribution in [0.5, 0.6) is 0 Å². The summed E-state index contributed by atoms with van der Waals surface area (Å²) in [5, 5.41) is 8.84.